The molecule has 1 aliphatic rings. The quantitative estimate of drug-likeness (QED) is 0.332. The van der Waals surface area contributed by atoms with Gasteiger partial charge in [-0.25, -0.2) is 0 Å². The number of piperazine rings is 1. The molecular formula is C14H22N4O3. The lowest BCUT2D eigenvalue weighted by Gasteiger charge is -2.26. The van der Waals surface area contributed by atoms with Crippen LogP contribution in [0.25, 0.3) is 0 Å². The van der Waals surface area contributed by atoms with Gasteiger partial charge in [0.15, 0.2) is 0 Å². The second-order valence-corrected chi connectivity index (χ2v) is 4.90. The summed E-state index contributed by atoms with van der Waals surface area (Å²) in [5.41, 5.74) is 0.113. The minimum absolute atomic E-state index is 0.113. The van der Waals surface area contributed by atoms with Crippen LogP contribution < -0.4 is 10.6 Å². The average molecular weight is 294 g/mol. The number of unbranched alkanes of at least 4 members (excludes halogenated alkanes) is 2. The van der Waals surface area contributed by atoms with Crippen molar-refractivity contribution in [2.24, 2.45) is 0 Å². The average Bonchev–Trinajstić information content (AvgIpc) is 2.48. The summed E-state index contributed by atoms with van der Waals surface area (Å²) in [4.78, 5) is 24.1. The highest BCUT2D eigenvalue weighted by Crippen LogP contribution is 2.01. The molecule has 0 atom stereocenters. The van der Waals surface area contributed by atoms with E-state index in [9.17, 15) is 9.59 Å². The maximum Gasteiger partial charge on any atom is 0.303 e. The van der Waals surface area contributed by atoms with Crippen LogP contribution in [0.1, 0.15) is 25.7 Å². The first-order valence-corrected chi connectivity index (χ1v) is 7.20. The fourth-order valence-corrected chi connectivity index (χ4v) is 2.01. The van der Waals surface area contributed by atoms with E-state index in [1.165, 1.54) is 0 Å². The number of nitrogens with zero attached hydrogens (tertiary/aromatic N) is 2. The molecule has 0 aromatic heterocycles. The summed E-state index contributed by atoms with van der Waals surface area (Å²) < 4.78 is 0. The third-order valence-electron chi connectivity index (χ3n) is 3.18. The Hall–Kier alpha value is -2.07. The van der Waals surface area contributed by atoms with Crippen LogP contribution in [0.4, 0.5) is 0 Å². The molecule has 1 saturated heterocycles. The standard InChI is InChI=1S/C14H22N4O3/c15-10-12(11-18-8-6-16-7-9-18)14(21)17-5-3-1-2-4-13(19)20/h11,16H,1-9H2,(H,17,21)(H,19,20)/b12-11-. The molecule has 7 nitrogen and oxygen atoms in total. The Balaban J connectivity index is 2.26. The predicted molar refractivity (Wildman–Crippen MR) is 77.3 cm³/mol. The molecule has 21 heavy (non-hydrogen) atoms. The molecule has 0 spiro atoms. The molecule has 1 fully saturated rings. The highest BCUT2D eigenvalue weighted by atomic mass is 16.4. The molecule has 0 bridgehead atoms. The van der Waals surface area contributed by atoms with E-state index in [-0.39, 0.29) is 17.9 Å². The van der Waals surface area contributed by atoms with Crippen LogP contribution in [-0.2, 0) is 9.59 Å². The van der Waals surface area contributed by atoms with Gasteiger partial charge in [-0.3, -0.25) is 9.59 Å². The fourth-order valence-electron chi connectivity index (χ4n) is 2.01. The monoisotopic (exact) mass is 294 g/mol. The fraction of sp³-hybridized carbons (Fsp3) is 0.643. The number of hydrogen-bond donors (Lipinski definition) is 3. The smallest absolute Gasteiger partial charge is 0.303 e. The van der Waals surface area contributed by atoms with Gasteiger partial charge in [-0.1, -0.05) is 6.42 Å². The molecule has 3 N–H and O–H groups in total. The minimum Gasteiger partial charge on any atom is -0.481 e. The van der Waals surface area contributed by atoms with Crippen molar-refractivity contribution in [3.8, 4) is 6.07 Å². The number of nitrogens with one attached hydrogen (secondary N) is 2. The van der Waals surface area contributed by atoms with Crippen molar-refractivity contribution in [1.29, 1.82) is 5.26 Å². The lowest BCUT2D eigenvalue weighted by Crippen LogP contribution is -2.41. The first kappa shape index (κ1) is 17.0. The summed E-state index contributed by atoms with van der Waals surface area (Å²) in [6.07, 6.45) is 3.83. The molecule has 0 aliphatic carbocycles. The largest absolute Gasteiger partial charge is 0.481 e. The van der Waals surface area contributed by atoms with Crippen molar-refractivity contribution in [3.05, 3.63) is 11.8 Å². The Bertz CT molecular complexity index is 422. The van der Waals surface area contributed by atoms with Crippen LogP contribution >= 0.6 is 0 Å². The topological polar surface area (TPSA) is 105 Å². The number of nitriles is 1. The van der Waals surface area contributed by atoms with Crippen LogP contribution in [0.2, 0.25) is 0 Å². The van der Waals surface area contributed by atoms with Gasteiger partial charge in [0, 0.05) is 45.3 Å². The van der Waals surface area contributed by atoms with Gasteiger partial charge in [-0.2, -0.15) is 5.26 Å². The Morgan fingerprint density at radius 3 is 2.62 bits per heavy atom. The summed E-state index contributed by atoms with van der Waals surface area (Å²) in [7, 11) is 0. The Morgan fingerprint density at radius 1 is 1.29 bits per heavy atom. The van der Waals surface area contributed by atoms with E-state index in [1.54, 1.807) is 6.20 Å². The van der Waals surface area contributed by atoms with Crippen LogP contribution in [0.15, 0.2) is 11.8 Å². The van der Waals surface area contributed by atoms with Gasteiger partial charge in [0.1, 0.15) is 11.6 Å². The van der Waals surface area contributed by atoms with Crippen LogP contribution in [0.5, 0.6) is 0 Å². The molecule has 0 aromatic rings. The van der Waals surface area contributed by atoms with Gasteiger partial charge >= 0.3 is 5.97 Å². The molecule has 0 radical (unpaired) electrons. The molecule has 1 rings (SSSR count). The zero-order valence-corrected chi connectivity index (χ0v) is 12.1. The summed E-state index contributed by atoms with van der Waals surface area (Å²) in [6, 6.07) is 1.93. The van der Waals surface area contributed by atoms with Gasteiger partial charge in [-0.15, -0.1) is 0 Å². The Labute approximate surface area is 124 Å². The number of amides is 1. The maximum absolute atomic E-state index is 11.9. The molecule has 116 valence electrons. The second-order valence-electron chi connectivity index (χ2n) is 4.90. The zero-order chi connectivity index (χ0) is 15.5. The van der Waals surface area contributed by atoms with Crippen molar-refractivity contribution in [1.82, 2.24) is 15.5 Å². The van der Waals surface area contributed by atoms with Crippen molar-refractivity contribution in [2.75, 3.05) is 32.7 Å². The number of rotatable bonds is 8. The molecule has 0 saturated carbocycles. The van der Waals surface area contributed by atoms with E-state index < -0.39 is 5.97 Å². The van der Waals surface area contributed by atoms with Crippen molar-refractivity contribution in [2.45, 2.75) is 25.7 Å². The van der Waals surface area contributed by atoms with Gasteiger partial charge in [0.25, 0.3) is 5.91 Å². The van der Waals surface area contributed by atoms with Gasteiger partial charge < -0.3 is 20.6 Å². The highest BCUT2D eigenvalue weighted by molar-refractivity contribution is 5.97. The SMILES string of the molecule is N#C/C(=C/N1CCNCC1)C(=O)NCCCCCC(=O)O. The molecule has 1 amide bonds. The van der Waals surface area contributed by atoms with Crippen LogP contribution in [0, 0.1) is 11.3 Å². The third-order valence-corrected chi connectivity index (χ3v) is 3.18. The maximum atomic E-state index is 11.9. The second kappa shape index (κ2) is 9.77. The molecule has 0 unspecified atom stereocenters. The number of hydrogen-bond acceptors (Lipinski definition) is 5. The minimum atomic E-state index is -0.801. The van der Waals surface area contributed by atoms with E-state index >= 15 is 0 Å². The molecule has 1 aliphatic heterocycles. The number of carboxylic acid groups (broad SMARTS) is 1. The lowest BCUT2D eigenvalue weighted by molar-refractivity contribution is -0.137. The summed E-state index contributed by atoms with van der Waals surface area (Å²) >= 11 is 0. The molecule has 7 heteroatoms. The Morgan fingerprint density at radius 2 is 2.00 bits per heavy atom. The summed E-state index contributed by atoms with van der Waals surface area (Å²) in [5, 5.41) is 23.4. The van der Waals surface area contributed by atoms with Crippen LogP contribution in [0.3, 0.4) is 0 Å². The molecular weight excluding hydrogens is 272 g/mol. The summed E-state index contributed by atoms with van der Waals surface area (Å²) in [5.74, 6) is -1.17. The van der Waals surface area contributed by atoms with Crippen molar-refractivity contribution < 1.29 is 14.7 Å². The molecule has 0 aromatic carbocycles. The number of carboxylic acids is 1. The van der Waals surface area contributed by atoms with Gasteiger partial charge in [0.05, 0.1) is 0 Å². The Kier molecular flexibility index (Phi) is 7.90. The number of aliphatic carboxylic acids is 1. The van der Waals surface area contributed by atoms with Crippen LogP contribution in [-0.4, -0.2) is 54.6 Å². The normalized spacial score (nSPS) is 15.4. The summed E-state index contributed by atoms with van der Waals surface area (Å²) in [6.45, 7) is 3.72. The van der Waals surface area contributed by atoms with Gasteiger partial charge in [-0.05, 0) is 12.8 Å². The number of carbonyl (C=O) groups is 2. The molecule has 1 heterocycles. The van der Waals surface area contributed by atoms with E-state index in [0.29, 0.717) is 19.4 Å². The predicted octanol–water partition coefficient (Wildman–Crippen LogP) is 0.0603. The van der Waals surface area contributed by atoms with Crippen molar-refractivity contribution >= 4 is 11.9 Å². The lowest BCUT2D eigenvalue weighted by atomic mass is 10.2. The van der Waals surface area contributed by atoms with E-state index in [0.717, 1.165) is 32.6 Å². The highest BCUT2D eigenvalue weighted by Gasteiger charge is 2.12. The zero-order valence-electron chi connectivity index (χ0n) is 12.1. The van der Waals surface area contributed by atoms with Gasteiger partial charge in [0.2, 0.25) is 0 Å². The first-order chi connectivity index (χ1) is 10.1. The third kappa shape index (κ3) is 7.32. The van der Waals surface area contributed by atoms with E-state index in [1.807, 2.05) is 11.0 Å². The first-order valence-electron chi connectivity index (χ1n) is 7.20. The van der Waals surface area contributed by atoms with E-state index in [2.05, 4.69) is 10.6 Å². The van der Waals surface area contributed by atoms with Crippen molar-refractivity contribution in [3.63, 3.8) is 0 Å². The number of carbonyl (C=O) groups excluding carboxylic acids is 1. The van der Waals surface area contributed by atoms with E-state index in [4.69, 9.17) is 10.4 Å².